The van der Waals surface area contributed by atoms with E-state index in [1.165, 1.54) is 0 Å². The number of thiocarbonyl (C=S) groups is 1. The maximum Gasteiger partial charge on any atom is 0.335 e. The Morgan fingerprint density at radius 3 is 2.42 bits per heavy atom. The van der Waals surface area contributed by atoms with Crippen LogP contribution < -0.4 is 10.6 Å². The molecule has 0 radical (unpaired) electrons. The van der Waals surface area contributed by atoms with Gasteiger partial charge in [-0.25, -0.2) is 4.79 Å². The number of nitrogens with one attached hydrogen (secondary N) is 2. The summed E-state index contributed by atoms with van der Waals surface area (Å²) in [6.45, 7) is 6.47. The third-order valence-electron chi connectivity index (χ3n) is 7.36. The number of aromatic carboxylic acids is 1. The lowest BCUT2D eigenvalue weighted by Gasteiger charge is -2.28. The van der Waals surface area contributed by atoms with E-state index in [1.807, 2.05) is 75.4 Å². The van der Waals surface area contributed by atoms with Crippen molar-refractivity contribution in [3.8, 4) is 5.69 Å². The minimum Gasteiger partial charge on any atom is -0.478 e. The number of benzene rings is 2. The highest BCUT2D eigenvalue weighted by molar-refractivity contribution is 7.80. The zero-order valence-corrected chi connectivity index (χ0v) is 23.4. The zero-order valence-electron chi connectivity index (χ0n) is 22.6. The summed E-state index contributed by atoms with van der Waals surface area (Å²) in [6.07, 6.45) is 2.03. The summed E-state index contributed by atoms with van der Waals surface area (Å²) in [5.41, 5.74) is 6.85. The Morgan fingerprint density at radius 1 is 1.02 bits per heavy atom. The van der Waals surface area contributed by atoms with Crippen LogP contribution in [0, 0.1) is 20.8 Å². The summed E-state index contributed by atoms with van der Waals surface area (Å²) >= 11 is 5.81. The number of hydrogen-bond donors (Lipinski definition) is 3. The van der Waals surface area contributed by atoms with Crippen LogP contribution in [0.1, 0.15) is 57.1 Å². The molecule has 1 amide bonds. The number of hydrogen-bond acceptors (Lipinski definition) is 4. The number of carbonyl (C=O) groups is 2. The molecule has 3 heterocycles. The van der Waals surface area contributed by atoms with E-state index in [2.05, 4.69) is 31.2 Å². The van der Waals surface area contributed by atoms with Crippen molar-refractivity contribution in [2.45, 2.75) is 39.3 Å². The molecule has 4 aromatic rings. The quantitative estimate of drug-likeness (QED) is 0.248. The summed E-state index contributed by atoms with van der Waals surface area (Å²) in [5, 5.41) is 16.4. The van der Waals surface area contributed by atoms with Crippen molar-refractivity contribution in [2.75, 3.05) is 11.9 Å². The van der Waals surface area contributed by atoms with Crippen molar-refractivity contribution in [2.24, 2.45) is 0 Å². The van der Waals surface area contributed by atoms with Crippen molar-refractivity contribution >= 4 is 34.9 Å². The van der Waals surface area contributed by atoms with Crippen LogP contribution in [0.2, 0.25) is 0 Å². The topological polar surface area (TPSA) is 99.5 Å². The molecular formula is C31H31N5O3S. The van der Waals surface area contributed by atoms with Crippen molar-refractivity contribution in [1.82, 2.24) is 19.8 Å². The Labute approximate surface area is 238 Å². The van der Waals surface area contributed by atoms with Gasteiger partial charge in [0.15, 0.2) is 5.11 Å². The fourth-order valence-corrected chi connectivity index (χ4v) is 5.70. The molecule has 1 saturated heterocycles. The Balaban J connectivity index is 1.47. The highest BCUT2D eigenvalue weighted by atomic mass is 32.1. The molecule has 2 atom stereocenters. The van der Waals surface area contributed by atoms with E-state index in [1.54, 1.807) is 18.3 Å². The first-order chi connectivity index (χ1) is 19.2. The molecule has 2 unspecified atom stereocenters. The number of anilines is 1. The number of nitrogens with zero attached hydrogens (tertiary/aromatic N) is 3. The smallest absolute Gasteiger partial charge is 0.335 e. The van der Waals surface area contributed by atoms with Crippen molar-refractivity contribution in [3.05, 3.63) is 113 Å². The van der Waals surface area contributed by atoms with Gasteiger partial charge in [0.1, 0.15) is 0 Å². The fourth-order valence-electron chi connectivity index (χ4n) is 5.37. The van der Waals surface area contributed by atoms with Gasteiger partial charge in [0.2, 0.25) is 5.91 Å². The number of carbonyl (C=O) groups excluding carboxylic acids is 1. The molecule has 9 heteroatoms. The molecule has 0 saturated carbocycles. The minimum absolute atomic E-state index is 0.0823. The maximum absolute atomic E-state index is 12.9. The van der Waals surface area contributed by atoms with E-state index in [4.69, 9.17) is 12.2 Å². The third kappa shape index (κ3) is 5.33. The van der Waals surface area contributed by atoms with Gasteiger partial charge in [-0.15, -0.1) is 0 Å². The number of amides is 1. The lowest BCUT2D eigenvalue weighted by Crippen LogP contribution is -2.33. The van der Waals surface area contributed by atoms with E-state index in [0.717, 1.165) is 39.6 Å². The zero-order chi connectivity index (χ0) is 28.4. The van der Waals surface area contributed by atoms with Gasteiger partial charge in [-0.05, 0) is 92.6 Å². The number of carboxylic acids is 1. The van der Waals surface area contributed by atoms with E-state index in [-0.39, 0.29) is 30.0 Å². The van der Waals surface area contributed by atoms with Gasteiger partial charge in [0.05, 0.1) is 23.3 Å². The fraction of sp³-hybridized carbons (Fsp3) is 0.226. The largest absolute Gasteiger partial charge is 0.478 e. The number of rotatable bonds is 8. The standard InChI is InChI=1S/C31H31N5O3S/c1-19-8-4-5-9-25(19)33-27(37)15-17-35-29(28(34-31(35)40)26-10-6-7-16-32-26)24-18-20(2)36(21(24)3)23-13-11-22(12-14-23)30(38)39/h4-14,16,18,28-29H,15,17H2,1-3H3,(H,33,37)(H,34,40)(H,38,39). The van der Waals surface area contributed by atoms with Gasteiger partial charge in [-0.2, -0.15) is 0 Å². The summed E-state index contributed by atoms with van der Waals surface area (Å²) < 4.78 is 2.11. The van der Waals surface area contributed by atoms with Crippen LogP contribution in [0.5, 0.6) is 0 Å². The summed E-state index contributed by atoms with van der Waals surface area (Å²) in [7, 11) is 0. The van der Waals surface area contributed by atoms with E-state index < -0.39 is 5.97 Å². The number of aryl methyl sites for hydroxylation is 2. The normalized spacial score (nSPS) is 16.6. The van der Waals surface area contributed by atoms with Crippen LogP contribution in [0.4, 0.5) is 5.69 Å². The van der Waals surface area contributed by atoms with Crippen LogP contribution in [-0.4, -0.2) is 43.1 Å². The molecule has 40 heavy (non-hydrogen) atoms. The Hall–Kier alpha value is -4.50. The first-order valence-corrected chi connectivity index (χ1v) is 13.5. The molecule has 1 fully saturated rings. The van der Waals surface area contributed by atoms with Gasteiger partial charge >= 0.3 is 5.97 Å². The Morgan fingerprint density at radius 2 is 1.75 bits per heavy atom. The van der Waals surface area contributed by atoms with Gasteiger partial charge < -0.3 is 25.2 Å². The number of aromatic nitrogens is 2. The predicted molar refractivity (Wildman–Crippen MR) is 159 cm³/mol. The number of carboxylic acid groups (broad SMARTS) is 1. The maximum atomic E-state index is 12.9. The summed E-state index contributed by atoms with van der Waals surface area (Å²) in [4.78, 5) is 31.0. The van der Waals surface area contributed by atoms with Crippen molar-refractivity contribution < 1.29 is 14.7 Å². The second kappa shape index (κ2) is 11.3. The molecule has 0 aliphatic carbocycles. The summed E-state index contributed by atoms with van der Waals surface area (Å²) in [6, 6.07) is 22.1. The van der Waals surface area contributed by atoms with Crippen LogP contribution in [0.25, 0.3) is 5.69 Å². The number of para-hydroxylation sites is 1. The molecule has 0 spiro atoms. The van der Waals surface area contributed by atoms with Gasteiger partial charge in [-0.1, -0.05) is 24.3 Å². The highest BCUT2D eigenvalue weighted by Gasteiger charge is 2.41. The average molecular weight is 554 g/mol. The molecule has 2 aromatic carbocycles. The van der Waals surface area contributed by atoms with Gasteiger partial charge in [0, 0.05) is 41.9 Å². The van der Waals surface area contributed by atoms with Crippen molar-refractivity contribution in [1.29, 1.82) is 0 Å². The lowest BCUT2D eigenvalue weighted by molar-refractivity contribution is -0.116. The second-order valence-electron chi connectivity index (χ2n) is 9.95. The van der Waals surface area contributed by atoms with Gasteiger partial charge in [-0.3, -0.25) is 9.78 Å². The molecule has 3 N–H and O–H groups in total. The third-order valence-corrected chi connectivity index (χ3v) is 7.71. The van der Waals surface area contributed by atoms with Crippen LogP contribution >= 0.6 is 12.2 Å². The molecule has 1 aliphatic heterocycles. The van der Waals surface area contributed by atoms with Gasteiger partial charge in [0.25, 0.3) is 0 Å². The second-order valence-corrected chi connectivity index (χ2v) is 10.3. The molecule has 2 aromatic heterocycles. The van der Waals surface area contributed by atoms with E-state index in [0.29, 0.717) is 11.7 Å². The molecule has 0 bridgehead atoms. The SMILES string of the molecule is Cc1ccccc1NC(=O)CCN1C(=S)NC(c2ccccn2)C1c1cc(C)n(-c2ccc(C(=O)O)cc2)c1C. The molecular weight excluding hydrogens is 522 g/mol. The number of pyridine rings is 1. The molecule has 204 valence electrons. The van der Waals surface area contributed by atoms with E-state index in [9.17, 15) is 14.7 Å². The van der Waals surface area contributed by atoms with E-state index >= 15 is 0 Å². The van der Waals surface area contributed by atoms with Crippen molar-refractivity contribution in [3.63, 3.8) is 0 Å². The van der Waals surface area contributed by atoms with Crippen LogP contribution in [-0.2, 0) is 4.79 Å². The minimum atomic E-state index is -0.959. The first kappa shape index (κ1) is 27.1. The van der Waals surface area contributed by atoms with Crippen LogP contribution in [0.3, 0.4) is 0 Å². The van der Waals surface area contributed by atoms with Crippen LogP contribution in [0.15, 0.2) is 79.0 Å². The highest BCUT2D eigenvalue weighted by Crippen LogP contribution is 2.41. The predicted octanol–water partition coefficient (Wildman–Crippen LogP) is 5.50. The molecule has 1 aliphatic rings. The molecule has 8 nitrogen and oxygen atoms in total. The average Bonchev–Trinajstić information content (AvgIpc) is 3.43. The Bertz CT molecular complexity index is 1570. The monoisotopic (exact) mass is 553 g/mol. The lowest BCUT2D eigenvalue weighted by atomic mass is 9.96. The first-order valence-electron chi connectivity index (χ1n) is 13.1. The Kier molecular flexibility index (Phi) is 7.66. The molecule has 5 rings (SSSR count). The summed E-state index contributed by atoms with van der Waals surface area (Å²) in [5.74, 6) is -1.04.